The zero-order valence-electron chi connectivity index (χ0n) is 9.67. The quantitative estimate of drug-likeness (QED) is 0.639. The molecule has 0 heterocycles. The molecule has 0 unspecified atom stereocenters. The molecule has 2 rings (SSSR count). The van der Waals surface area contributed by atoms with Crippen molar-refractivity contribution < 1.29 is 4.92 Å². The van der Waals surface area contributed by atoms with Gasteiger partial charge in [0.2, 0.25) is 0 Å². The minimum atomic E-state index is -0.406. The fraction of sp³-hybridized carbons (Fsp3) is 0.0769. The highest BCUT2D eigenvalue weighted by Gasteiger charge is 2.11. The fourth-order valence-corrected chi connectivity index (χ4v) is 1.62. The first-order chi connectivity index (χ1) is 8.70. The van der Waals surface area contributed by atoms with Crippen LogP contribution in [0.15, 0.2) is 48.5 Å². The van der Waals surface area contributed by atoms with Crippen LogP contribution in [0.25, 0.3) is 0 Å². The molecule has 18 heavy (non-hydrogen) atoms. The lowest BCUT2D eigenvalue weighted by molar-refractivity contribution is -0.383. The van der Waals surface area contributed by atoms with Crippen LogP contribution in [0.5, 0.6) is 0 Å². The lowest BCUT2D eigenvalue weighted by atomic mass is 10.2. The number of nitrogens with two attached hydrogens (primary N) is 1. The number of benzene rings is 2. The minimum absolute atomic E-state index is 0.0559. The number of nitrogens with one attached hydrogen (secondary N) is 1. The summed E-state index contributed by atoms with van der Waals surface area (Å²) in [7, 11) is 0. The van der Waals surface area contributed by atoms with E-state index in [1.807, 2.05) is 24.3 Å². The van der Waals surface area contributed by atoms with Crippen LogP contribution in [0.4, 0.5) is 17.1 Å². The first-order valence-electron chi connectivity index (χ1n) is 5.50. The van der Waals surface area contributed by atoms with Gasteiger partial charge >= 0.3 is 0 Å². The number of hydrogen-bond acceptors (Lipinski definition) is 4. The zero-order chi connectivity index (χ0) is 13.0. The van der Waals surface area contributed by atoms with Crippen LogP contribution in [0.1, 0.15) is 5.56 Å². The molecule has 92 valence electrons. The molecule has 0 radical (unpaired) electrons. The Morgan fingerprint density at radius 2 is 1.78 bits per heavy atom. The molecular weight excluding hydrogens is 230 g/mol. The van der Waals surface area contributed by atoms with E-state index in [2.05, 4.69) is 5.32 Å². The number of nitro benzene ring substituents is 1. The molecule has 0 spiro atoms. The van der Waals surface area contributed by atoms with E-state index in [1.54, 1.807) is 18.2 Å². The maximum atomic E-state index is 10.9. The minimum Gasteiger partial charge on any atom is -0.350 e. The zero-order valence-corrected chi connectivity index (χ0v) is 9.67. The first kappa shape index (κ1) is 12.1. The molecule has 0 aliphatic heterocycles. The Labute approximate surface area is 104 Å². The molecule has 0 atom stereocenters. The van der Waals surface area contributed by atoms with Crippen LogP contribution in [-0.4, -0.2) is 4.92 Å². The van der Waals surface area contributed by atoms with Gasteiger partial charge in [0, 0.05) is 18.3 Å². The van der Waals surface area contributed by atoms with Crippen molar-refractivity contribution in [2.24, 2.45) is 5.73 Å². The predicted molar refractivity (Wildman–Crippen MR) is 70.7 cm³/mol. The first-order valence-corrected chi connectivity index (χ1v) is 5.50. The van der Waals surface area contributed by atoms with E-state index in [1.165, 1.54) is 6.07 Å². The topological polar surface area (TPSA) is 81.2 Å². The molecule has 3 N–H and O–H groups in total. The average Bonchev–Trinajstić information content (AvgIpc) is 2.40. The Morgan fingerprint density at radius 1 is 1.11 bits per heavy atom. The summed E-state index contributed by atoms with van der Waals surface area (Å²) < 4.78 is 0. The molecule has 0 saturated heterocycles. The van der Waals surface area contributed by atoms with Gasteiger partial charge in [-0.3, -0.25) is 10.1 Å². The predicted octanol–water partition coefficient (Wildman–Crippen LogP) is 2.80. The number of anilines is 2. The van der Waals surface area contributed by atoms with Crippen LogP contribution in [0.3, 0.4) is 0 Å². The molecule has 5 heteroatoms. The smallest absolute Gasteiger partial charge is 0.292 e. The highest BCUT2D eigenvalue weighted by Crippen LogP contribution is 2.26. The average molecular weight is 243 g/mol. The Balaban J connectivity index is 2.25. The van der Waals surface area contributed by atoms with Gasteiger partial charge in [-0.2, -0.15) is 0 Å². The summed E-state index contributed by atoms with van der Waals surface area (Å²) in [5.41, 5.74) is 7.85. The molecule has 0 aromatic heterocycles. The monoisotopic (exact) mass is 243 g/mol. The maximum Gasteiger partial charge on any atom is 0.292 e. The van der Waals surface area contributed by atoms with Gasteiger partial charge in [-0.05, 0) is 23.8 Å². The molecule has 0 bridgehead atoms. The second-order valence-electron chi connectivity index (χ2n) is 3.80. The number of nitrogens with zero attached hydrogens (tertiary/aromatic N) is 1. The van der Waals surface area contributed by atoms with Gasteiger partial charge < -0.3 is 11.1 Å². The van der Waals surface area contributed by atoms with Crippen molar-refractivity contribution in [3.63, 3.8) is 0 Å². The van der Waals surface area contributed by atoms with Crippen molar-refractivity contribution in [3.05, 3.63) is 64.2 Å². The third-order valence-corrected chi connectivity index (χ3v) is 2.57. The molecular formula is C13H13N3O2. The van der Waals surface area contributed by atoms with Gasteiger partial charge in [0.25, 0.3) is 5.69 Å². The van der Waals surface area contributed by atoms with Crippen molar-refractivity contribution in [2.45, 2.75) is 6.54 Å². The highest BCUT2D eigenvalue weighted by molar-refractivity contribution is 5.69. The van der Waals surface area contributed by atoms with Crippen molar-refractivity contribution in [1.82, 2.24) is 0 Å². The molecule has 5 nitrogen and oxygen atoms in total. The molecule has 0 aliphatic rings. The summed E-state index contributed by atoms with van der Waals surface area (Å²) in [4.78, 5) is 10.5. The van der Waals surface area contributed by atoms with Gasteiger partial charge in [0.1, 0.15) is 5.69 Å². The molecule has 0 aliphatic carbocycles. The normalized spacial score (nSPS) is 10.1. The van der Waals surface area contributed by atoms with Crippen LogP contribution < -0.4 is 11.1 Å². The van der Waals surface area contributed by atoms with Gasteiger partial charge in [0.15, 0.2) is 0 Å². The van der Waals surface area contributed by atoms with E-state index >= 15 is 0 Å². The summed E-state index contributed by atoms with van der Waals surface area (Å²) in [6.07, 6.45) is 0. The fourth-order valence-electron chi connectivity index (χ4n) is 1.62. The van der Waals surface area contributed by atoms with Gasteiger partial charge in [-0.25, -0.2) is 0 Å². The van der Waals surface area contributed by atoms with E-state index in [9.17, 15) is 10.1 Å². The van der Waals surface area contributed by atoms with Crippen LogP contribution >= 0.6 is 0 Å². The maximum absolute atomic E-state index is 10.9. The standard InChI is InChI=1S/C13H13N3O2/c14-9-10-5-7-11(8-6-10)15-12-3-1-2-4-13(12)16(17)18/h1-8,15H,9,14H2. The molecule has 0 fully saturated rings. The van der Waals surface area contributed by atoms with Crippen LogP contribution in [0, 0.1) is 10.1 Å². The second kappa shape index (κ2) is 5.29. The number of para-hydroxylation sites is 2. The van der Waals surface area contributed by atoms with E-state index in [4.69, 9.17) is 5.73 Å². The molecule has 0 saturated carbocycles. The van der Waals surface area contributed by atoms with Gasteiger partial charge in [-0.15, -0.1) is 0 Å². The summed E-state index contributed by atoms with van der Waals surface area (Å²) in [6, 6.07) is 14.0. The SMILES string of the molecule is NCc1ccc(Nc2ccccc2[N+](=O)[O-])cc1. The van der Waals surface area contributed by atoms with Crippen LogP contribution in [0.2, 0.25) is 0 Å². The van der Waals surface area contributed by atoms with E-state index in [0.29, 0.717) is 12.2 Å². The Hall–Kier alpha value is -2.40. The summed E-state index contributed by atoms with van der Waals surface area (Å²) >= 11 is 0. The van der Waals surface area contributed by atoms with Gasteiger partial charge in [-0.1, -0.05) is 24.3 Å². The third kappa shape index (κ3) is 2.64. The van der Waals surface area contributed by atoms with Crippen molar-refractivity contribution in [2.75, 3.05) is 5.32 Å². The van der Waals surface area contributed by atoms with Crippen LogP contribution in [-0.2, 0) is 6.54 Å². The van der Waals surface area contributed by atoms with Crippen molar-refractivity contribution in [3.8, 4) is 0 Å². The molecule has 2 aromatic carbocycles. The number of nitro groups is 1. The summed E-state index contributed by atoms with van der Waals surface area (Å²) in [6.45, 7) is 0.478. The lowest BCUT2D eigenvalue weighted by Gasteiger charge is -2.07. The second-order valence-corrected chi connectivity index (χ2v) is 3.80. The summed E-state index contributed by atoms with van der Waals surface area (Å²) in [5.74, 6) is 0. The molecule has 2 aromatic rings. The Bertz CT molecular complexity index is 552. The lowest BCUT2D eigenvalue weighted by Crippen LogP contribution is -1.98. The number of hydrogen-bond donors (Lipinski definition) is 2. The highest BCUT2D eigenvalue weighted by atomic mass is 16.6. The van der Waals surface area contributed by atoms with Gasteiger partial charge in [0.05, 0.1) is 4.92 Å². The molecule has 0 amide bonds. The summed E-state index contributed by atoms with van der Waals surface area (Å²) in [5, 5.41) is 13.9. The van der Waals surface area contributed by atoms with E-state index in [-0.39, 0.29) is 5.69 Å². The van der Waals surface area contributed by atoms with E-state index in [0.717, 1.165) is 11.3 Å². The Morgan fingerprint density at radius 3 is 2.39 bits per heavy atom. The van der Waals surface area contributed by atoms with Crippen molar-refractivity contribution in [1.29, 1.82) is 0 Å². The van der Waals surface area contributed by atoms with Crippen molar-refractivity contribution >= 4 is 17.1 Å². The third-order valence-electron chi connectivity index (χ3n) is 2.57. The number of rotatable bonds is 4. The largest absolute Gasteiger partial charge is 0.350 e. The Kier molecular flexibility index (Phi) is 3.54. The van der Waals surface area contributed by atoms with E-state index < -0.39 is 4.92 Å².